The molecule has 0 spiro atoms. The molecule has 0 aliphatic carbocycles. The van der Waals surface area contributed by atoms with Crippen LogP contribution in [0.5, 0.6) is 0 Å². The smallest absolute Gasteiger partial charge is 0.259 e. The number of fused-ring (bicyclic) bond motifs is 1. The lowest BCUT2D eigenvalue weighted by molar-refractivity contribution is -0.908. The summed E-state index contributed by atoms with van der Waals surface area (Å²) in [5, 5.41) is 2.73. The first-order valence-electron chi connectivity index (χ1n) is 8.71. The van der Waals surface area contributed by atoms with Gasteiger partial charge in [-0.25, -0.2) is 4.98 Å². The molecule has 0 aliphatic rings. The van der Waals surface area contributed by atoms with Crippen molar-refractivity contribution in [1.82, 2.24) is 9.38 Å². The van der Waals surface area contributed by atoms with Crippen molar-refractivity contribution < 1.29 is 4.90 Å². The second-order valence-corrected chi connectivity index (χ2v) is 7.90. The molecule has 136 valence electrons. The molecule has 2 aromatic heterocycles. The number of thiazole rings is 1. The maximum absolute atomic E-state index is 12.7. The minimum Gasteiger partial charge on any atom is -0.329 e. The molecular weight excluding hydrogens is 378 g/mol. The molecule has 0 amide bonds. The summed E-state index contributed by atoms with van der Waals surface area (Å²) in [5.74, 6) is 0. The van der Waals surface area contributed by atoms with E-state index < -0.39 is 0 Å². The van der Waals surface area contributed by atoms with E-state index in [-0.39, 0.29) is 5.56 Å². The minimum atomic E-state index is -0.0330. The van der Waals surface area contributed by atoms with Crippen LogP contribution in [0.3, 0.4) is 0 Å². The summed E-state index contributed by atoms with van der Waals surface area (Å²) in [6.07, 6.45) is 0. The third-order valence-corrected chi connectivity index (χ3v) is 5.51. The average molecular weight is 397 g/mol. The fourth-order valence-electron chi connectivity index (χ4n) is 3.19. The van der Waals surface area contributed by atoms with Gasteiger partial charge in [-0.05, 0) is 17.7 Å². The largest absolute Gasteiger partial charge is 0.329 e. The summed E-state index contributed by atoms with van der Waals surface area (Å²) in [6.45, 7) is 1.53. The number of hydrogen-bond donors (Lipinski definition) is 1. The summed E-state index contributed by atoms with van der Waals surface area (Å²) in [5.41, 5.74) is 3.90. The molecule has 2 aromatic carbocycles. The number of benzene rings is 2. The predicted molar refractivity (Wildman–Crippen MR) is 111 cm³/mol. The van der Waals surface area contributed by atoms with Crippen molar-refractivity contribution in [2.45, 2.75) is 13.1 Å². The number of nitrogens with one attached hydrogen (secondary N) is 1. The highest BCUT2D eigenvalue weighted by Gasteiger charge is 2.13. The van der Waals surface area contributed by atoms with Gasteiger partial charge in [0.1, 0.15) is 18.8 Å². The van der Waals surface area contributed by atoms with Crippen molar-refractivity contribution in [1.29, 1.82) is 0 Å². The van der Waals surface area contributed by atoms with Gasteiger partial charge in [-0.15, -0.1) is 11.3 Å². The van der Waals surface area contributed by atoms with E-state index in [9.17, 15) is 4.79 Å². The van der Waals surface area contributed by atoms with E-state index in [0.29, 0.717) is 6.54 Å². The molecule has 0 radical (unpaired) electrons. The number of quaternary nitrogens is 1. The first-order chi connectivity index (χ1) is 13.1. The van der Waals surface area contributed by atoms with Crippen LogP contribution in [-0.2, 0) is 13.1 Å². The molecule has 2 heterocycles. The quantitative estimate of drug-likeness (QED) is 0.562. The molecule has 4 aromatic rings. The first-order valence-corrected chi connectivity index (χ1v) is 9.97. The van der Waals surface area contributed by atoms with E-state index in [0.717, 1.165) is 33.5 Å². The third kappa shape index (κ3) is 3.95. The van der Waals surface area contributed by atoms with Gasteiger partial charge in [0.2, 0.25) is 0 Å². The van der Waals surface area contributed by atoms with Crippen molar-refractivity contribution in [3.8, 4) is 11.3 Å². The zero-order chi connectivity index (χ0) is 18.8. The molecule has 27 heavy (non-hydrogen) atoms. The van der Waals surface area contributed by atoms with Crippen molar-refractivity contribution in [3.05, 3.63) is 92.7 Å². The van der Waals surface area contributed by atoms with E-state index in [1.807, 2.05) is 60.0 Å². The molecule has 0 saturated carbocycles. The zero-order valence-electron chi connectivity index (χ0n) is 14.9. The summed E-state index contributed by atoms with van der Waals surface area (Å²) in [7, 11) is 2.10. The van der Waals surface area contributed by atoms with Gasteiger partial charge in [-0.2, -0.15) is 0 Å². The fraction of sp³-hybridized carbons (Fsp3) is 0.143. The van der Waals surface area contributed by atoms with E-state index in [1.54, 1.807) is 10.5 Å². The van der Waals surface area contributed by atoms with Crippen molar-refractivity contribution in [2.24, 2.45) is 0 Å². The van der Waals surface area contributed by atoms with E-state index in [2.05, 4.69) is 7.05 Å². The van der Waals surface area contributed by atoms with Crippen molar-refractivity contribution in [2.75, 3.05) is 7.05 Å². The third-order valence-electron chi connectivity index (χ3n) is 4.43. The van der Waals surface area contributed by atoms with Crippen LogP contribution < -0.4 is 10.5 Å². The second-order valence-electron chi connectivity index (χ2n) is 6.63. The lowest BCUT2D eigenvalue weighted by Crippen LogP contribution is -3.06. The van der Waals surface area contributed by atoms with Gasteiger partial charge in [0, 0.05) is 22.0 Å². The number of nitrogens with zero attached hydrogens (tertiary/aromatic N) is 2. The fourth-order valence-corrected chi connectivity index (χ4v) is 4.24. The minimum absolute atomic E-state index is 0.0330. The Labute approximate surface area is 166 Å². The lowest BCUT2D eigenvalue weighted by Gasteiger charge is -2.13. The average Bonchev–Trinajstić information content (AvgIpc) is 3.09. The lowest BCUT2D eigenvalue weighted by atomic mass is 10.2. The van der Waals surface area contributed by atoms with Crippen LogP contribution in [0.1, 0.15) is 11.3 Å². The molecular formula is C21H19ClN3OS+. The molecule has 4 rings (SSSR count). The topological polar surface area (TPSA) is 38.8 Å². The standard InChI is InChI=1S/C21H18ClN3OS/c1-24(12-15-7-9-17(22)10-8-15)13-18-11-20(26)25-19(14-27-21(25)23-18)16-5-3-2-4-6-16/h2-11,14H,12-13H2,1H3/p+1. The Hall–Kier alpha value is -2.47. The molecule has 0 bridgehead atoms. The van der Waals surface area contributed by atoms with Crippen LogP contribution in [0.25, 0.3) is 16.2 Å². The molecule has 0 saturated heterocycles. The molecule has 0 aliphatic heterocycles. The van der Waals surface area contributed by atoms with Crippen LogP contribution in [-0.4, -0.2) is 16.4 Å². The summed E-state index contributed by atoms with van der Waals surface area (Å²) in [4.78, 5) is 19.4. The van der Waals surface area contributed by atoms with Crippen molar-refractivity contribution >= 4 is 27.9 Å². The first kappa shape index (κ1) is 17.9. The molecule has 1 unspecified atom stereocenters. The van der Waals surface area contributed by atoms with E-state index in [1.165, 1.54) is 21.8 Å². The Balaban J connectivity index is 1.58. The Morgan fingerprint density at radius 3 is 2.56 bits per heavy atom. The molecule has 1 atom stereocenters. The summed E-state index contributed by atoms with van der Waals surface area (Å²) >= 11 is 7.44. The summed E-state index contributed by atoms with van der Waals surface area (Å²) in [6, 6.07) is 19.4. The normalized spacial score (nSPS) is 12.4. The number of aromatic nitrogens is 2. The second kappa shape index (κ2) is 7.64. The molecule has 0 fully saturated rings. The van der Waals surface area contributed by atoms with Gasteiger partial charge in [0.25, 0.3) is 5.56 Å². The number of hydrogen-bond acceptors (Lipinski definition) is 3. The summed E-state index contributed by atoms with van der Waals surface area (Å²) < 4.78 is 1.69. The van der Waals surface area contributed by atoms with Gasteiger partial charge >= 0.3 is 0 Å². The SMILES string of the molecule is C[NH+](Cc1ccc(Cl)cc1)Cc1cc(=O)n2c(-c3ccccc3)csc2n1. The highest BCUT2D eigenvalue weighted by atomic mass is 35.5. The monoisotopic (exact) mass is 396 g/mol. The number of rotatable bonds is 5. The maximum Gasteiger partial charge on any atom is 0.259 e. The van der Waals surface area contributed by atoms with Crippen LogP contribution in [0.15, 0.2) is 70.8 Å². The Bertz CT molecular complexity index is 1120. The van der Waals surface area contributed by atoms with Crippen molar-refractivity contribution in [3.63, 3.8) is 0 Å². The Morgan fingerprint density at radius 2 is 1.81 bits per heavy atom. The van der Waals surface area contributed by atoms with Gasteiger partial charge in [-0.1, -0.05) is 54.1 Å². The van der Waals surface area contributed by atoms with Gasteiger partial charge < -0.3 is 4.90 Å². The highest BCUT2D eigenvalue weighted by Crippen LogP contribution is 2.23. The Kier molecular flexibility index (Phi) is 5.07. The zero-order valence-corrected chi connectivity index (χ0v) is 16.4. The molecule has 4 nitrogen and oxygen atoms in total. The van der Waals surface area contributed by atoms with Crippen LogP contribution >= 0.6 is 22.9 Å². The molecule has 6 heteroatoms. The number of halogens is 1. The van der Waals surface area contributed by atoms with E-state index in [4.69, 9.17) is 16.6 Å². The van der Waals surface area contributed by atoms with Gasteiger partial charge in [0.15, 0.2) is 4.96 Å². The Morgan fingerprint density at radius 1 is 1.07 bits per heavy atom. The van der Waals surface area contributed by atoms with Crippen LogP contribution in [0.2, 0.25) is 5.02 Å². The van der Waals surface area contributed by atoms with Crippen LogP contribution in [0, 0.1) is 0 Å². The highest BCUT2D eigenvalue weighted by molar-refractivity contribution is 7.15. The maximum atomic E-state index is 12.7. The molecule has 1 N–H and O–H groups in total. The van der Waals surface area contributed by atoms with Crippen LogP contribution in [0.4, 0.5) is 0 Å². The van der Waals surface area contributed by atoms with Gasteiger partial charge in [0.05, 0.1) is 12.7 Å². The predicted octanol–water partition coefficient (Wildman–Crippen LogP) is 3.29. The van der Waals surface area contributed by atoms with Gasteiger partial charge in [-0.3, -0.25) is 9.20 Å². The van der Waals surface area contributed by atoms with E-state index >= 15 is 0 Å².